The fourth-order valence-corrected chi connectivity index (χ4v) is 5.43. The van der Waals surface area contributed by atoms with Crippen LogP contribution < -0.4 is 9.47 Å². The zero-order chi connectivity index (χ0) is 28.9. The van der Waals surface area contributed by atoms with Gasteiger partial charge in [-0.1, -0.05) is 92.2 Å². The van der Waals surface area contributed by atoms with Gasteiger partial charge in [-0.15, -0.1) is 0 Å². The molecule has 7 heteroatoms. The highest BCUT2D eigenvalue weighted by Gasteiger charge is 2.24. The molecule has 0 N–H and O–H groups in total. The summed E-state index contributed by atoms with van der Waals surface area (Å²) in [6.45, 7) is 4.33. The number of nitrogens with zero attached hydrogens (tertiary/aromatic N) is 3. The Bertz CT molecular complexity index is 1650. The van der Waals surface area contributed by atoms with Crippen LogP contribution in [0.2, 0.25) is 0 Å². The van der Waals surface area contributed by atoms with Crippen LogP contribution in [0.15, 0.2) is 97.1 Å². The van der Waals surface area contributed by atoms with E-state index in [1.54, 1.807) is 12.1 Å². The molecule has 0 amide bonds. The van der Waals surface area contributed by atoms with Crippen LogP contribution in [0.1, 0.15) is 36.6 Å². The van der Waals surface area contributed by atoms with Crippen molar-refractivity contribution in [3.05, 3.63) is 126 Å². The van der Waals surface area contributed by atoms with E-state index in [1.165, 1.54) is 0 Å². The highest BCUT2D eigenvalue weighted by Crippen LogP contribution is 2.35. The Morgan fingerprint density at radius 1 is 0.786 bits per heavy atom. The Balaban J connectivity index is 1.45. The molecule has 4 aromatic carbocycles. The van der Waals surface area contributed by atoms with E-state index in [0.29, 0.717) is 30.2 Å². The van der Waals surface area contributed by atoms with Crippen molar-refractivity contribution in [2.75, 3.05) is 6.79 Å². The first-order valence-corrected chi connectivity index (χ1v) is 14.3. The van der Waals surface area contributed by atoms with E-state index in [4.69, 9.17) is 14.5 Å². The molecular weight excluding hydrogens is 532 g/mol. The van der Waals surface area contributed by atoms with E-state index in [9.17, 15) is 8.78 Å². The fourth-order valence-electron chi connectivity index (χ4n) is 5.43. The molecule has 6 rings (SSSR count). The van der Waals surface area contributed by atoms with E-state index in [0.717, 1.165) is 59.4 Å². The first kappa shape index (κ1) is 27.7. The van der Waals surface area contributed by atoms with Crippen LogP contribution in [-0.4, -0.2) is 21.2 Å². The Hall–Kier alpha value is -4.49. The topological polar surface area (TPSA) is 39.5 Å². The molecule has 0 saturated heterocycles. The molecule has 214 valence electrons. The normalized spacial score (nSPS) is 12.3. The van der Waals surface area contributed by atoms with E-state index >= 15 is 0 Å². The Morgan fingerprint density at radius 3 is 2.29 bits per heavy atom. The van der Waals surface area contributed by atoms with Gasteiger partial charge in [0.05, 0.1) is 11.4 Å². The molecule has 0 unspecified atom stereocenters. The summed E-state index contributed by atoms with van der Waals surface area (Å²) in [5.74, 6) is 0.630. The van der Waals surface area contributed by atoms with Crippen molar-refractivity contribution < 1.29 is 18.3 Å². The maximum absolute atomic E-state index is 15.0. The minimum Gasteiger partial charge on any atom is -0.454 e. The second-order valence-electron chi connectivity index (χ2n) is 10.5. The highest BCUT2D eigenvalue weighted by atomic mass is 19.2. The number of fused-ring (bicyclic) bond motifs is 1. The second kappa shape index (κ2) is 12.6. The highest BCUT2D eigenvalue weighted by molar-refractivity contribution is 5.68. The molecule has 1 aromatic heterocycles. The molecule has 0 aliphatic carbocycles. The summed E-state index contributed by atoms with van der Waals surface area (Å²) in [5, 5.41) is 0. The maximum Gasteiger partial charge on any atom is 0.231 e. The van der Waals surface area contributed by atoms with Gasteiger partial charge >= 0.3 is 0 Å². The lowest BCUT2D eigenvalue weighted by atomic mass is 10.1. The molecule has 2 heterocycles. The molecule has 0 bridgehead atoms. The smallest absolute Gasteiger partial charge is 0.231 e. The Labute approximate surface area is 245 Å². The van der Waals surface area contributed by atoms with Gasteiger partial charge in [0.25, 0.3) is 0 Å². The number of imidazole rings is 1. The van der Waals surface area contributed by atoms with E-state index in [1.807, 2.05) is 54.6 Å². The fraction of sp³-hybridized carbons (Fsp3) is 0.229. The van der Waals surface area contributed by atoms with Crippen molar-refractivity contribution in [2.24, 2.45) is 0 Å². The molecule has 0 spiro atoms. The standard InChI is InChI=1S/C35H33F2N3O2/c1-2-3-19-40-30(34(26-11-6-4-7-12-26)38-35(40)27-13-8-5-9-14-27)23-39(22-28-15-10-16-29(36)33(28)37)21-25-17-18-31-32(20-25)42-24-41-31/h4-18,20H,2-3,19,21-24H2,1H3. The molecule has 0 fully saturated rings. The predicted molar refractivity (Wildman–Crippen MR) is 160 cm³/mol. The molecule has 5 nitrogen and oxygen atoms in total. The second-order valence-corrected chi connectivity index (χ2v) is 10.5. The summed E-state index contributed by atoms with van der Waals surface area (Å²) >= 11 is 0. The largest absolute Gasteiger partial charge is 0.454 e. The summed E-state index contributed by atoms with van der Waals surface area (Å²) in [7, 11) is 0. The quantitative estimate of drug-likeness (QED) is 0.162. The number of halogens is 2. The Morgan fingerprint density at radius 2 is 1.52 bits per heavy atom. The lowest BCUT2D eigenvalue weighted by Crippen LogP contribution is -2.25. The van der Waals surface area contributed by atoms with Crippen LogP contribution in [0, 0.1) is 11.6 Å². The number of ether oxygens (including phenoxy) is 2. The number of rotatable bonds is 11. The predicted octanol–water partition coefficient (Wildman–Crippen LogP) is 8.23. The lowest BCUT2D eigenvalue weighted by Gasteiger charge is -2.25. The SMILES string of the molecule is CCCCn1c(-c2ccccc2)nc(-c2ccccc2)c1CN(Cc1ccc2c(c1)OCO2)Cc1cccc(F)c1F. The van der Waals surface area contributed by atoms with Crippen molar-refractivity contribution >= 4 is 0 Å². The van der Waals surface area contributed by atoms with Crippen LogP contribution in [0.25, 0.3) is 22.6 Å². The zero-order valence-electron chi connectivity index (χ0n) is 23.6. The van der Waals surface area contributed by atoms with Gasteiger partial charge in [-0.3, -0.25) is 4.90 Å². The molecule has 0 radical (unpaired) electrons. The lowest BCUT2D eigenvalue weighted by molar-refractivity contribution is 0.174. The van der Waals surface area contributed by atoms with Crippen LogP contribution in [0.3, 0.4) is 0 Å². The van der Waals surface area contributed by atoms with Crippen molar-refractivity contribution in [1.82, 2.24) is 14.5 Å². The zero-order valence-corrected chi connectivity index (χ0v) is 23.6. The van der Waals surface area contributed by atoms with E-state index < -0.39 is 11.6 Å². The average molecular weight is 566 g/mol. The molecule has 0 saturated carbocycles. The van der Waals surface area contributed by atoms with Crippen molar-refractivity contribution in [3.63, 3.8) is 0 Å². The maximum atomic E-state index is 15.0. The Kier molecular flexibility index (Phi) is 8.28. The van der Waals surface area contributed by atoms with Gasteiger partial charge in [-0.25, -0.2) is 13.8 Å². The van der Waals surface area contributed by atoms with Gasteiger partial charge in [0.15, 0.2) is 23.1 Å². The van der Waals surface area contributed by atoms with Crippen LogP contribution in [-0.2, 0) is 26.2 Å². The third kappa shape index (κ3) is 5.92. The average Bonchev–Trinajstić information content (AvgIpc) is 3.63. The monoisotopic (exact) mass is 565 g/mol. The van der Waals surface area contributed by atoms with E-state index in [2.05, 4.69) is 40.7 Å². The molecule has 42 heavy (non-hydrogen) atoms. The van der Waals surface area contributed by atoms with Crippen LogP contribution in [0.5, 0.6) is 11.5 Å². The molecule has 0 atom stereocenters. The first-order chi connectivity index (χ1) is 20.6. The summed E-state index contributed by atoms with van der Waals surface area (Å²) < 4.78 is 42.7. The van der Waals surface area contributed by atoms with Crippen molar-refractivity contribution in [1.29, 1.82) is 0 Å². The third-order valence-electron chi connectivity index (χ3n) is 7.53. The number of unbranched alkanes of at least 4 members (excludes halogenated alkanes) is 1. The molecule has 5 aromatic rings. The molecule has 1 aliphatic rings. The van der Waals surface area contributed by atoms with Gasteiger partial charge in [0, 0.05) is 42.9 Å². The third-order valence-corrected chi connectivity index (χ3v) is 7.53. The van der Waals surface area contributed by atoms with Crippen molar-refractivity contribution in [2.45, 2.75) is 45.9 Å². The van der Waals surface area contributed by atoms with Gasteiger partial charge in [-0.2, -0.15) is 0 Å². The van der Waals surface area contributed by atoms with Gasteiger partial charge in [0.1, 0.15) is 5.82 Å². The number of hydrogen-bond donors (Lipinski definition) is 0. The summed E-state index contributed by atoms with van der Waals surface area (Å²) in [6.07, 6.45) is 2.01. The van der Waals surface area contributed by atoms with Gasteiger partial charge < -0.3 is 14.0 Å². The number of aromatic nitrogens is 2. The minimum absolute atomic E-state index is 0.191. The van der Waals surface area contributed by atoms with Crippen LogP contribution in [0.4, 0.5) is 8.78 Å². The summed E-state index contributed by atoms with van der Waals surface area (Å²) in [5.41, 5.74) is 5.27. The molecular formula is C35H33F2N3O2. The first-order valence-electron chi connectivity index (χ1n) is 14.3. The summed E-state index contributed by atoms with van der Waals surface area (Å²) in [6, 6.07) is 30.6. The number of hydrogen-bond acceptors (Lipinski definition) is 4. The minimum atomic E-state index is -0.847. The van der Waals surface area contributed by atoms with Gasteiger partial charge in [0.2, 0.25) is 6.79 Å². The van der Waals surface area contributed by atoms with E-state index in [-0.39, 0.29) is 13.3 Å². The molecule has 1 aliphatic heterocycles. The van der Waals surface area contributed by atoms with Crippen molar-refractivity contribution in [3.8, 4) is 34.1 Å². The summed E-state index contributed by atoms with van der Waals surface area (Å²) in [4.78, 5) is 7.35. The van der Waals surface area contributed by atoms with Gasteiger partial charge in [-0.05, 0) is 30.2 Å². The van der Waals surface area contributed by atoms with Crippen LogP contribution >= 0.6 is 0 Å². The number of benzene rings is 4.